The van der Waals surface area contributed by atoms with E-state index in [-0.39, 0.29) is 11.3 Å². The lowest BCUT2D eigenvalue weighted by Gasteiger charge is -2.23. The number of ether oxygens (including phenoxy) is 1. The number of likely N-dealkylation sites (N-methyl/N-ethyl adjacent to an activating group) is 1. The van der Waals surface area contributed by atoms with E-state index >= 15 is 0 Å². The molecule has 0 aliphatic rings. The minimum absolute atomic E-state index is 0.0422. The van der Waals surface area contributed by atoms with Gasteiger partial charge in [-0.1, -0.05) is 26.8 Å². The second-order valence-corrected chi connectivity index (χ2v) is 5.68. The zero-order valence-corrected chi connectivity index (χ0v) is 12.4. The number of nitrogens with zero attached hydrogens (tertiary/aromatic N) is 1. The van der Waals surface area contributed by atoms with Crippen LogP contribution in [0.15, 0.2) is 18.2 Å². The lowest BCUT2D eigenvalue weighted by Crippen LogP contribution is -2.29. The number of aliphatic hydroxyl groups is 1. The highest BCUT2D eigenvalue weighted by Gasteiger charge is 2.17. The molecule has 0 aromatic heterocycles. The highest BCUT2D eigenvalue weighted by atomic mass is 16.5. The maximum atomic E-state index is 11.4. The van der Waals surface area contributed by atoms with Crippen molar-refractivity contribution in [2.75, 3.05) is 20.8 Å². The van der Waals surface area contributed by atoms with Gasteiger partial charge in [0.2, 0.25) is 5.91 Å². The number of carbonyl (C=O) groups excluding carboxylic acids is 1. The summed E-state index contributed by atoms with van der Waals surface area (Å²) in [6.07, 6.45) is 0. The number of hydrogen-bond donors (Lipinski definition) is 1. The molecule has 1 N–H and O–H groups in total. The Morgan fingerprint density at radius 1 is 1.37 bits per heavy atom. The van der Waals surface area contributed by atoms with E-state index in [1.165, 1.54) is 10.5 Å². The minimum atomic E-state index is -0.474. The van der Waals surface area contributed by atoms with E-state index in [1.807, 2.05) is 12.1 Å². The van der Waals surface area contributed by atoms with Gasteiger partial charge in [-0.05, 0) is 23.1 Å². The Bertz CT molecular complexity index is 449. The third kappa shape index (κ3) is 3.96. The van der Waals surface area contributed by atoms with E-state index in [2.05, 4.69) is 26.8 Å². The molecular weight excluding hydrogens is 242 g/mol. The fraction of sp³-hybridized carbons (Fsp3) is 0.533. The van der Waals surface area contributed by atoms with Crippen LogP contribution in [0.3, 0.4) is 0 Å². The van der Waals surface area contributed by atoms with Crippen molar-refractivity contribution in [3.8, 4) is 5.75 Å². The maximum Gasteiger partial charge on any atom is 0.248 e. The number of amides is 1. The topological polar surface area (TPSA) is 49.8 Å². The minimum Gasteiger partial charge on any atom is -0.496 e. The van der Waals surface area contributed by atoms with E-state index in [0.29, 0.717) is 6.54 Å². The van der Waals surface area contributed by atoms with Gasteiger partial charge in [-0.3, -0.25) is 4.79 Å². The monoisotopic (exact) mass is 265 g/mol. The van der Waals surface area contributed by atoms with Crippen molar-refractivity contribution < 1.29 is 14.6 Å². The molecule has 1 amide bonds. The SMILES string of the molecule is COc1ccc(C(C)(C)C)cc1CN(C)C(=O)CO. The largest absolute Gasteiger partial charge is 0.496 e. The molecule has 0 bridgehead atoms. The summed E-state index contributed by atoms with van der Waals surface area (Å²) in [6, 6.07) is 6.02. The third-order valence-electron chi connectivity index (χ3n) is 3.11. The van der Waals surface area contributed by atoms with Crippen LogP contribution in [0.25, 0.3) is 0 Å². The van der Waals surface area contributed by atoms with Crippen LogP contribution in [-0.2, 0) is 16.8 Å². The highest BCUT2D eigenvalue weighted by Crippen LogP contribution is 2.28. The molecule has 0 atom stereocenters. The normalized spacial score (nSPS) is 11.3. The van der Waals surface area contributed by atoms with Crippen molar-refractivity contribution in [2.24, 2.45) is 0 Å². The van der Waals surface area contributed by atoms with Crippen LogP contribution in [0.5, 0.6) is 5.75 Å². The van der Waals surface area contributed by atoms with Gasteiger partial charge in [-0.2, -0.15) is 0 Å². The van der Waals surface area contributed by atoms with Gasteiger partial charge < -0.3 is 14.7 Å². The number of methoxy groups -OCH3 is 1. The molecule has 4 nitrogen and oxygen atoms in total. The first-order chi connectivity index (χ1) is 8.79. The first kappa shape index (κ1) is 15.5. The first-order valence-corrected chi connectivity index (χ1v) is 6.31. The average molecular weight is 265 g/mol. The van der Waals surface area contributed by atoms with Gasteiger partial charge in [0, 0.05) is 19.2 Å². The van der Waals surface area contributed by atoms with Crippen molar-refractivity contribution >= 4 is 5.91 Å². The molecule has 0 aliphatic heterocycles. The number of carbonyl (C=O) groups is 1. The van der Waals surface area contributed by atoms with E-state index in [4.69, 9.17) is 9.84 Å². The molecular formula is C15H23NO3. The zero-order chi connectivity index (χ0) is 14.6. The Morgan fingerprint density at radius 2 is 2.00 bits per heavy atom. The summed E-state index contributed by atoms with van der Waals surface area (Å²) in [6.45, 7) is 6.37. The highest BCUT2D eigenvalue weighted by molar-refractivity contribution is 5.76. The molecule has 0 saturated heterocycles. The Labute approximate surface area is 115 Å². The van der Waals surface area contributed by atoms with Gasteiger partial charge >= 0.3 is 0 Å². The quantitative estimate of drug-likeness (QED) is 0.905. The summed E-state index contributed by atoms with van der Waals surface area (Å²) in [5.74, 6) is 0.453. The van der Waals surface area contributed by atoms with E-state index in [9.17, 15) is 4.79 Å². The van der Waals surface area contributed by atoms with Crippen molar-refractivity contribution in [2.45, 2.75) is 32.7 Å². The van der Waals surface area contributed by atoms with Crippen LogP contribution in [0.1, 0.15) is 31.9 Å². The standard InChI is InChI=1S/C15H23NO3/c1-15(2,3)12-6-7-13(19-5)11(8-12)9-16(4)14(18)10-17/h6-8,17H,9-10H2,1-5H3. The smallest absolute Gasteiger partial charge is 0.248 e. The van der Waals surface area contributed by atoms with Crippen LogP contribution in [0.4, 0.5) is 0 Å². The molecule has 1 aromatic carbocycles. The Hall–Kier alpha value is -1.55. The van der Waals surface area contributed by atoms with Crippen LogP contribution in [0.2, 0.25) is 0 Å². The van der Waals surface area contributed by atoms with Crippen LogP contribution in [-0.4, -0.2) is 36.7 Å². The van der Waals surface area contributed by atoms with Crippen molar-refractivity contribution in [1.82, 2.24) is 4.90 Å². The van der Waals surface area contributed by atoms with Crippen LogP contribution in [0, 0.1) is 0 Å². The summed E-state index contributed by atoms with van der Waals surface area (Å²) in [4.78, 5) is 12.9. The van der Waals surface area contributed by atoms with Crippen LogP contribution >= 0.6 is 0 Å². The molecule has 0 radical (unpaired) electrons. The second kappa shape index (κ2) is 6.06. The molecule has 0 aliphatic carbocycles. The van der Waals surface area contributed by atoms with E-state index in [0.717, 1.165) is 11.3 Å². The van der Waals surface area contributed by atoms with Gasteiger partial charge in [0.05, 0.1) is 7.11 Å². The second-order valence-electron chi connectivity index (χ2n) is 5.68. The third-order valence-corrected chi connectivity index (χ3v) is 3.11. The molecule has 106 valence electrons. The zero-order valence-electron chi connectivity index (χ0n) is 12.4. The Balaban J connectivity index is 3.06. The fourth-order valence-electron chi connectivity index (χ4n) is 1.83. The van der Waals surface area contributed by atoms with Gasteiger partial charge in [-0.15, -0.1) is 0 Å². The van der Waals surface area contributed by atoms with Gasteiger partial charge in [0.25, 0.3) is 0 Å². The number of aliphatic hydroxyl groups excluding tert-OH is 1. The number of rotatable bonds is 4. The van der Waals surface area contributed by atoms with Crippen molar-refractivity contribution in [3.05, 3.63) is 29.3 Å². The maximum absolute atomic E-state index is 11.4. The molecule has 0 saturated carbocycles. The summed E-state index contributed by atoms with van der Waals surface area (Å²) in [5.41, 5.74) is 2.17. The lowest BCUT2D eigenvalue weighted by molar-refractivity contribution is -0.133. The van der Waals surface area contributed by atoms with E-state index in [1.54, 1.807) is 14.2 Å². The summed E-state index contributed by atoms with van der Waals surface area (Å²) in [5, 5.41) is 8.87. The van der Waals surface area contributed by atoms with Gasteiger partial charge in [0.1, 0.15) is 12.4 Å². The molecule has 19 heavy (non-hydrogen) atoms. The summed E-state index contributed by atoms with van der Waals surface area (Å²) >= 11 is 0. The van der Waals surface area contributed by atoms with Gasteiger partial charge in [0.15, 0.2) is 0 Å². The predicted molar refractivity (Wildman–Crippen MR) is 75.3 cm³/mol. The lowest BCUT2D eigenvalue weighted by atomic mass is 9.86. The Morgan fingerprint density at radius 3 is 2.47 bits per heavy atom. The average Bonchev–Trinajstić information content (AvgIpc) is 2.36. The molecule has 4 heteroatoms. The number of hydrogen-bond acceptors (Lipinski definition) is 3. The predicted octanol–water partition coefficient (Wildman–Crippen LogP) is 1.94. The molecule has 0 fully saturated rings. The fourth-order valence-corrected chi connectivity index (χ4v) is 1.83. The van der Waals surface area contributed by atoms with E-state index < -0.39 is 6.61 Å². The molecule has 1 aromatic rings. The van der Waals surface area contributed by atoms with Crippen molar-refractivity contribution in [1.29, 1.82) is 0 Å². The van der Waals surface area contributed by atoms with Crippen molar-refractivity contribution in [3.63, 3.8) is 0 Å². The Kier molecular flexibility index (Phi) is 4.95. The summed E-state index contributed by atoms with van der Waals surface area (Å²) < 4.78 is 5.33. The molecule has 0 unspecified atom stereocenters. The van der Waals surface area contributed by atoms with Gasteiger partial charge in [-0.25, -0.2) is 0 Å². The number of benzene rings is 1. The first-order valence-electron chi connectivity index (χ1n) is 6.31. The molecule has 0 heterocycles. The molecule has 1 rings (SSSR count). The molecule has 0 spiro atoms. The van der Waals surface area contributed by atoms with Crippen LogP contribution < -0.4 is 4.74 Å². The summed E-state index contributed by atoms with van der Waals surface area (Å²) in [7, 11) is 3.28.